The Hall–Kier alpha value is -1.36. The molecule has 0 aromatic carbocycles. The Morgan fingerprint density at radius 1 is 1.37 bits per heavy atom. The summed E-state index contributed by atoms with van der Waals surface area (Å²) in [5.41, 5.74) is 2.40. The van der Waals surface area contributed by atoms with Crippen molar-refractivity contribution in [3.05, 3.63) is 17.0 Å². The lowest BCUT2D eigenvalue weighted by atomic mass is 9.79. The number of aromatic nitrogens is 2. The van der Waals surface area contributed by atoms with E-state index in [1.165, 1.54) is 0 Å². The number of aliphatic hydroxyl groups is 1. The molecular formula is C14H22N2O3. The summed E-state index contributed by atoms with van der Waals surface area (Å²) in [5, 5.41) is 24.0. The van der Waals surface area contributed by atoms with Crippen molar-refractivity contribution in [2.24, 2.45) is 5.92 Å². The van der Waals surface area contributed by atoms with Gasteiger partial charge in [-0.05, 0) is 52.0 Å². The summed E-state index contributed by atoms with van der Waals surface area (Å²) in [6.45, 7) is 6.45. The SMILES string of the molecule is Cc1nn(CC2(O)CCC(C(=O)O)CC2)c(C)c1C. The van der Waals surface area contributed by atoms with Crippen LogP contribution in [0.25, 0.3) is 0 Å². The van der Waals surface area contributed by atoms with E-state index in [2.05, 4.69) is 5.10 Å². The molecule has 1 aromatic heterocycles. The maximum atomic E-state index is 10.9. The molecule has 0 radical (unpaired) electrons. The molecule has 106 valence electrons. The third kappa shape index (κ3) is 2.81. The summed E-state index contributed by atoms with van der Waals surface area (Å²) in [6, 6.07) is 0. The fourth-order valence-electron chi connectivity index (χ4n) is 2.78. The Kier molecular flexibility index (Phi) is 3.67. The molecule has 0 saturated heterocycles. The van der Waals surface area contributed by atoms with Crippen LogP contribution >= 0.6 is 0 Å². The van der Waals surface area contributed by atoms with Gasteiger partial charge in [0, 0.05) is 5.69 Å². The highest BCUT2D eigenvalue weighted by Crippen LogP contribution is 2.33. The van der Waals surface area contributed by atoms with Gasteiger partial charge in [-0.15, -0.1) is 0 Å². The molecule has 5 nitrogen and oxygen atoms in total. The number of carboxylic acid groups (broad SMARTS) is 1. The molecule has 1 heterocycles. The van der Waals surface area contributed by atoms with Crippen molar-refractivity contribution in [3.8, 4) is 0 Å². The van der Waals surface area contributed by atoms with Crippen LogP contribution in [0, 0.1) is 26.7 Å². The number of carboxylic acids is 1. The summed E-state index contributed by atoms with van der Waals surface area (Å²) in [7, 11) is 0. The molecule has 2 rings (SSSR count). The van der Waals surface area contributed by atoms with Gasteiger partial charge in [0.15, 0.2) is 0 Å². The normalized spacial score (nSPS) is 27.5. The highest BCUT2D eigenvalue weighted by atomic mass is 16.4. The fourth-order valence-corrected chi connectivity index (χ4v) is 2.78. The van der Waals surface area contributed by atoms with E-state index in [-0.39, 0.29) is 5.92 Å². The summed E-state index contributed by atoms with van der Waals surface area (Å²) >= 11 is 0. The standard InChI is InChI=1S/C14H22N2O3/c1-9-10(2)15-16(11(9)3)8-14(19)6-4-12(5-7-14)13(17)18/h12,19H,4-8H2,1-3H3,(H,17,18). The monoisotopic (exact) mass is 266 g/mol. The Balaban J connectivity index is 2.07. The lowest BCUT2D eigenvalue weighted by Gasteiger charge is -2.34. The minimum absolute atomic E-state index is 0.303. The van der Waals surface area contributed by atoms with Crippen LogP contribution in [0.2, 0.25) is 0 Å². The average molecular weight is 266 g/mol. The van der Waals surface area contributed by atoms with Crippen LogP contribution in [-0.2, 0) is 11.3 Å². The quantitative estimate of drug-likeness (QED) is 0.875. The molecule has 0 spiro atoms. The topological polar surface area (TPSA) is 75.3 Å². The molecule has 0 unspecified atom stereocenters. The van der Waals surface area contributed by atoms with Crippen molar-refractivity contribution in [3.63, 3.8) is 0 Å². The van der Waals surface area contributed by atoms with Crippen molar-refractivity contribution >= 4 is 5.97 Å². The second-order valence-corrected chi connectivity index (χ2v) is 5.79. The van der Waals surface area contributed by atoms with Gasteiger partial charge in [-0.3, -0.25) is 9.48 Å². The molecule has 0 amide bonds. The first-order chi connectivity index (χ1) is 8.82. The van der Waals surface area contributed by atoms with E-state index in [4.69, 9.17) is 5.11 Å². The van der Waals surface area contributed by atoms with Gasteiger partial charge >= 0.3 is 5.97 Å². The van der Waals surface area contributed by atoms with Gasteiger partial charge in [0.25, 0.3) is 0 Å². The lowest BCUT2D eigenvalue weighted by molar-refractivity contribution is -0.145. The van der Waals surface area contributed by atoms with Gasteiger partial charge < -0.3 is 10.2 Å². The van der Waals surface area contributed by atoms with E-state index in [9.17, 15) is 9.90 Å². The Labute approximate surface area is 113 Å². The van der Waals surface area contributed by atoms with Crippen molar-refractivity contribution < 1.29 is 15.0 Å². The molecular weight excluding hydrogens is 244 g/mol. The predicted octanol–water partition coefficient (Wildman–Crippen LogP) is 1.81. The van der Waals surface area contributed by atoms with Crippen LogP contribution < -0.4 is 0 Å². The summed E-state index contributed by atoms with van der Waals surface area (Å²) in [6.07, 6.45) is 2.15. The minimum atomic E-state index is -0.818. The highest BCUT2D eigenvalue weighted by molar-refractivity contribution is 5.70. The number of aliphatic carboxylic acids is 1. The third-order valence-electron chi connectivity index (χ3n) is 4.45. The summed E-state index contributed by atoms with van der Waals surface area (Å²) < 4.78 is 1.85. The number of carbonyl (C=O) groups is 1. The largest absolute Gasteiger partial charge is 0.481 e. The van der Waals surface area contributed by atoms with Gasteiger partial charge in [-0.2, -0.15) is 5.10 Å². The first-order valence-electron chi connectivity index (χ1n) is 6.78. The number of hydrogen-bond donors (Lipinski definition) is 2. The van der Waals surface area contributed by atoms with E-state index in [1.807, 2.05) is 25.5 Å². The molecule has 19 heavy (non-hydrogen) atoms. The van der Waals surface area contributed by atoms with Crippen molar-refractivity contribution in [1.82, 2.24) is 9.78 Å². The van der Waals surface area contributed by atoms with E-state index in [0.717, 1.165) is 17.0 Å². The highest BCUT2D eigenvalue weighted by Gasteiger charge is 2.36. The van der Waals surface area contributed by atoms with Crippen LogP contribution in [0.3, 0.4) is 0 Å². The summed E-state index contributed by atoms with van der Waals surface area (Å²) in [4.78, 5) is 10.9. The van der Waals surface area contributed by atoms with E-state index >= 15 is 0 Å². The average Bonchev–Trinajstić information content (AvgIpc) is 2.57. The van der Waals surface area contributed by atoms with Crippen LogP contribution in [0.1, 0.15) is 42.6 Å². The Morgan fingerprint density at radius 3 is 2.37 bits per heavy atom. The number of aryl methyl sites for hydroxylation is 1. The second-order valence-electron chi connectivity index (χ2n) is 5.79. The third-order valence-corrected chi connectivity index (χ3v) is 4.45. The van der Waals surface area contributed by atoms with Crippen LogP contribution in [0.5, 0.6) is 0 Å². The predicted molar refractivity (Wildman–Crippen MR) is 71.0 cm³/mol. The molecule has 0 bridgehead atoms. The molecule has 1 aliphatic carbocycles. The second kappa shape index (κ2) is 4.96. The summed E-state index contributed by atoms with van der Waals surface area (Å²) in [5.74, 6) is -1.05. The number of rotatable bonds is 3. The molecule has 1 saturated carbocycles. The van der Waals surface area contributed by atoms with Crippen molar-refractivity contribution in [1.29, 1.82) is 0 Å². The smallest absolute Gasteiger partial charge is 0.306 e. The molecule has 1 aromatic rings. The van der Waals surface area contributed by atoms with Crippen molar-refractivity contribution in [2.45, 2.75) is 58.6 Å². The van der Waals surface area contributed by atoms with Gasteiger partial charge in [0.1, 0.15) is 0 Å². The van der Waals surface area contributed by atoms with E-state index in [0.29, 0.717) is 32.2 Å². The zero-order valence-corrected chi connectivity index (χ0v) is 11.8. The minimum Gasteiger partial charge on any atom is -0.481 e. The molecule has 1 fully saturated rings. The maximum absolute atomic E-state index is 10.9. The lowest BCUT2D eigenvalue weighted by Crippen LogP contribution is -2.40. The van der Waals surface area contributed by atoms with Gasteiger partial charge in [0.2, 0.25) is 0 Å². The van der Waals surface area contributed by atoms with Crippen LogP contribution in [0.15, 0.2) is 0 Å². The fraction of sp³-hybridized carbons (Fsp3) is 0.714. The van der Waals surface area contributed by atoms with Gasteiger partial charge in [-0.25, -0.2) is 0 Å². The van der Waals surface area contributed by atoms with E-state index in [1.54, 1.807) is 0 Å². The Morgan fingerprint density at radius 2 is 1.95 bits per heavy atom. The first-order valence-corrected chi connectivity index (χ1v) is 6.78. The van der Waals surface area contributed by atoms with Crippen molar-refractivity contribution in [2.75, 3.05) is 0 Å². The molecule has 5 heteroatoms. The molecule has 2 N–H and O–H groups in total. The Bertz CT molecular complexity index is 485. The van der Waals surface area contributed by atoms with Gasteiger partial charge in [0.05, 0.1) is 23.8 Å². The molecule has 1 aliphatic rings. The molecule has 0 aliphatic heterocycles. The van der Waals surface area contributed by atoms with Gasteiger partial charge in [-0.1, -0.05) is 0 Å². The zero-order valence-electron chi connectivity index (χ0n) is 11.8. The maximum Gasteiger partial charge on any atom is 0.306 e. The number of hydrogen-bond acceptors (Lipinski definition) is 3. The number of nitrogens with zero attached hydrogens (tertiary/aromatic N) is 2. The zero-order chi connectivity index (χ0) is 14.2. The van der Waals surface area contributed by atoms with E-state index < -0.39 is 11.6 Å². The molecule has 0 atom stereocenters. The van der Waals surface area contributed by atoms with Crippen LogP contribution in [-0.4, -0.2) is 31.6 Å². The first kappa shape index (κ1) is 14.1. The van der Waals surface area contributed by atoms with Crippen LogP contribution in [0.4, 0.5) is 0 Å².